The van der Waals surface area contributed by atoms with Gasteiger partial charge in [0, 0.05) is 31.7 Å². The molecule has 0 spiro atoms. The van der Waals surface area contributed by atoms with Crippen molar-refractivity contribution in [1.82, 2.24) is 15.5 Å². The minimum absolute atomic E-state index is 0.0135. The van der Waals surface area contributed by atoms with Crippen molar-refractivity contribution in [2.75, 3.05) is 26.7 Å². The van der Waals surface area contributed by atoms with Gasteiger partial charge in [-0.1, -0.05) is 6.07 Å². The second kappa shape index (κ2) is 7.45. The van der Waals surface area contributed by atoms with E-state index in [0.29, 0.717) is 13.1 Å². The predicted molar refractivity (Wildman–Crippen MR) is 83.6 cm³/mol. The van der Waals surface area contributed by atoms with E-state index in [-0.39, 0.29) is 29.7 Å². The molecule has 5 nitrogen and oxygen atoms in total. The third kappa shape index (κ3) is 3.88. The molecule has 122 valence electrons. The number of halogens is 1. The van der Waals surface area contributed by atoms with E-state index in [1.165, 1.54) is 13.2 Å². The first-order valence-electron chi connectivity index (χ1n) is 7.67. The van der Waals surface area contributed by atoms with Crippen LogP contribution in [0.3, 0.4) is 0 Å². The molecule has 1 aromatic carbocycles. The zero-order chi connectivity index (χ0) is 16.1. The number of likely N-dealkylation sites (tertiary alicyclic amines) is 1. The van der Waals surface area contributed by atoms with E-state index in [1.807, 2.05) is 24.8 Å². The zero-order valence-corrected chi connectivity index (χ0v) is 13.4. The molecule has 0 aliphatic carbocycles. The number of ether oxygens (including phenoxy) is 1. The molecule has 2 atom stereocenters. The van der Waals surface area contributed by atoms with E-state index in [9.17, 15) is 9.18 Å². The zero-order valence-electron chi connectivity index (χ0n) is 13.4. The Morgan fingerprint density at radius 3 is 2.95 bits per heavy atom. The van der Waals surface area contributed by atoms with Gasteiger partial charge >= 0.3 is 6.03 Å². The topological polar surface area (TPSA) is 53.6 Å². The van der Waals surface area contributed by atoms with Crippen LogP contribution in [0.4, 0.5) is 9.18 Å². The minimum Gasteiger partial charge on any atom is -0.494 e. The monoisotopic (exact) mass is 309 g/mol. The van der Waals surface area contributed by atoms with Gasteiger partial charge in [0.25, 0.3) is 0 Å². The number of carbonyl (C=O) groups excluding carboxylic acids is 1. The van der Waals surface area contributed by atoms with E-state index in [2.05, 4.69) is 10.6 Å². The number of urea groups is 1. The van der Waals surface area contributed by atoms with E-state index in [4.69, 9.17) is 4.74 Å². The Bertz CT molecular complexity index is 524. The fourth-order valence-electron chi connectivity index (χ4n) is 2.75. The predicted octanol–water partition coefficient (Wildman–Crippen LogP) is 2.29. The Labute approximate surface area is 130 Å². The summed E-state index contributed by atoms with van der Waals surface area (Å²) in [6.45, 7) is 5.96. The lowest BCUT2D eigenvalue weighted by Gasteiger charge is -2.21. The Morgan fingerprint density at radius 1 is 1.55 bits per heavy atom. The van der Waals surface area contributed by atoms with Gasteiger partial charge in [0.15, 0.2) is 11.6 Å². The maximum Gasteiger partial charge on any atom is 0.317 e. The van der Waals surface area contributed by atoms with Crippen LogP contribution in [0.5, 0.6) is 5.75 Å². The normalized spacial score (nSPS) is 19.1. The summed E-state index contributed by atoms with van der Waals surface area (Å²) in [6, 6.07) is 5.21. The van der Waals surface area contributed by atoms with Crippen molar-refractivity contribution < 1.29 is 13.9 Å². The van der Waals surface area contributed by atoms with Gasteiger partial charge in [-0.15, -0.1) is 0 Å². The molecule has 2 rings (SSSR count). The number of carbonyl (C=O) groups is 1. The molecule has 0 radical (unpaired) electrons. The average Bonchev–Trinajstić information content (AvgIpc) is 2.96. The van der Waals surface area contributed by atoms with Crippen molar-refractivity contribution in [2.45, 2.75) is 32.4 Å². The molecular weight excluding hydrogens is 285 g/mol. The highest BCUT2D eigenvalue weighted by Crippen LogP contribution is 2.23. The molecule has 1 aliphatic heterocycles. The second-order valence-electron chi connectivity index (χ2n) is 5.55. The molecule has 1 fully saturated rings. The highest BCUT2D eigenvalue weighted by atomic mass is 19.1. The van der Waals surface area contributed by atoms with Crippen molar-refractivity contribution in [2.24, 2.45) is 0 Å². The fourth-order valence-corrected chi connectivity index (χ4v) is 2.75. The summed E-state index contributed by atoms with van der Waals surface area (Å²) in [6.07, 6.45) is 0.903. The third-order valence-corrected chi connectivity index (χ3v) is 3.97. The Hall–Kier alpha value is -1.82. The van der Waals surface area contributed by atoms with Gasteiger partial charge in [-0.2, -0.15) is 0 Å². The van der Waals surface area contributed by atoms with Gasteiger partial charge in [0.1, 0.15) is 0 Å². The van der Waals surface area contributed by atoms with Gasteiger partial charge in [-0.3, -0.25) is 0 Å². The molecule has 2 amide bonds. The van der Waals surface area contributed by atoms with Crippen molar-refractivity contribution in [3.8, 4) is 5.75 Å². The molecule has 22 heavy (non-hydrogen) atoms. The number of nitrogens with zero attached hydrogens (tertiary/aromatic N) is 1. The number of benzene rings is 1. The Morgan fingerprint density at radius 2 is 2.32 bits per heavy atom. The Balaban J connectivity index is 1.91. The first kappa shape index (κ1) is 16.5. The number of amides is 2. The summed E-state index contributed by atoms with van der Waals surface area (Å²) in [5.41, 5.74) is 0.870. The van der Waals surface area contributed by atoms with Crippen LogP contribution < -0.4 is 15.4 Å². The van der Waals surface area contributed by atoms with Crippen molar-refractivity contribution in [3.63, 3.8) is 0 Å². The van der Waals surface area contributed by atoms with Crippen LogP contribution in [0, 0.1) is 5.82 Å². The van der Waals surface area contributed by atoms with Crippen LogP contribution in [0.1, 0.15) is 31.9 Å². The van der Waals surface area contributed by atoms with Crippen LogP contribution in [0.15, 0.2) is 18.2 Å². The summed E-state index contributed by atoms with van der Waals surface area (Å²) in [4.78, 5) is 13.6. The number of hydrogen-bond acceptors (Lipinski definition) is 3. The summed E-state index contributed by atoms with van der Waals surface area (Å²) < 4.78 is 18.7. The molecule has 0 saturated carbocycles. The standard InChI is InChI=1S/C16H24FN3O2/c1-4-18-16(21)20-8-7-13(10-20)19-11(2)12-5-6-15(22-3)14(17)9-12/h5-6,9,11,13,19H,4,7-8,10H2,1-3H3,(H,18,21). The molecular formula is C16H24FN3O2. The maximum absolute atomic E-state index is 13.8. The number of methoxy groups -OCH3 is 1. The molecule has 2 N–H and O–H groups in total. The third-order valence-electron chi connectivity index (χ3n) is 3.97. The molecule has 1 saturated heterocycles. The van der Waals surface area contributed by atoms with E-state index >= 15 is 0 Å². The van der Waals surface area contributed by atoms with Crippen molar-refractivity contribution >= 4 is 6.03 Å². The first-order chi connectivity index (χ1) is 10.5. The van der Waals surface area contributed by atoms with Crippen LogP contribution in [0.25, 0.3) is 0 Å². The number of nitrogens with one attached hydrogen (secondary N) is 2. The van der Waals surface area contributed by atoms with Gasteiger partial charge in [0.05, 0.1) is 7.11 Å². The van der Waals surface area contributed by atoms with Crippen molar-refractivity contribution in [3.05, 3.63) is 29.6 Å². The Kier molecular flexibility index (Phi) is 5.60. The summed E-state index contributed by atoms with van der Waals surface area (Å²) in [5, 5.41) is 6.27. The average molecular weight is 309 g/mol. The van der Waals surface area contributed by atoms with Crippen LogP contribution in [-0.4, -0.2) is 43.7 Å². The highest BCUT2D eigenvalue weighted by molar-refractivity contribution is 5.74. The lowest BCUT2D eigenvalue weighted by atomic mass is 10.1. The molecule has 0 bridgehead atoms. The van der Waals surface area contributed by atoms with Gasteiger partial charge in [0.2, 0.25) is 0 Å². The number of hydrogen-bond donors (Lipinski definition) is 2. The first-order valence-corrected chi connectivity index (χ1v) is 7.67. The van der Waals surface area contributed by atoms with Crippen LogP contribution >= 0.6 is 0 Å². The largest absolute Gasteiger partial charge is 0.494 e. The molecule has 2 unspecified atom stereocenters. The smallest absolute Gasteiger partial charge is 0.317 e. The lowest BCUT2D eigenvalue weighted by Crippen LogP contribution is -2.41. The van der Waals surface area contributed by atoms with Gasteiger partial charge in [-0.05, 0) is 38.0 Å². The molecule has 0 aromatic heterocycles. The fraction of sp³-hybridized carbons (Fsp3) is 0.562. The summed E-state index contributed by atoms with van der Waals surface area (Å²) in [5.74, 6) is -0.108. The van der Waals surface area contributed by atoms with Crippen molar-refractivity contribution in [1.29, 1.82) is 0 Å². The molecule has 1 aromatic rings. The van der Waals surface area contributed by atoms with E-state index in [0.717, 1.165) is 18.5 Å². The molecule has 6 heteroatoms. The van der Waals surface area contributed by atoms with Gasteiger partial charge in [-0.25, -0.2) is 9.18 Å². The van der Waals surface area contributed by atoms with Crippen LogP contribution in [-0.2, 0) is 0 Å². The second-order valence-corrected chi connectivity index (χ2v) is 5.55. The molecule has 1 aliphatic rings. The summed E-state index contributed by atoms with van der Waals surface area (Å²) in [7, 11) is 1.45. The maximum atomic E-state index is 13.8. The quantitative estimate of drug-likeness (QED) is 0.877. The van der Waals surface area contributed by atoms with Gasteiger partial charge < -0.3 is 20.3 Å². The van der Waals surface area contributed by atoms with E-state index < -0.39 is 0 Å². The summed E-state index contributed by atoms with van der Waals surface area (Å²) >= 11 is 0. The lowest BCUT2D eigenvalue weighted by molar-refractivity contribution is 0.208. The minimum atomic E-state index is -0.357. The SMILES string of the molecule is CCNC(=O)N1CCC(NC(C)c2ccc(OC)c(F)c2)C1. The van der Waals surface area contributed by atoms with E-state index in [1.54, 1.807) is 6.07 Å². The number of rotatable bonds is 5. The van der Waals surface area contributed by atoms with Crippen LogP contribution in [0.2, 0.25) is 0 Å². The molecule has 1 heterocycles. The highest BCUT2D eigenvalue weighted by Gasteiger charge is 2.27.